The first-order valence-electron chi connectivity index (χ1n) is 6.47. The van der Waals surface area contributed by atoms with E-state index in [1.54, 1.807) is 0 Å². The Bertz CT molecular complexity index is 319. The average molecular weight is 234 g/mol. The summed E-state index contributed by atoms with van der Waals surface area (Å²) in [5, 5.41) is 0. The van der Waals surface area contributed by atoms with Crippen molar-refractivity contribution in [2.75, 3.05) is 6.61 Å². The Balaban J connectivity index is 2.28. The van der Waals surface area contributed by atoms with E-state index in [4.69, 9.17) is 4.74 Å². The molecule has 1 aromatic rings. The number of hydrogen-bond donors (Lipinski definition) is 0. The zero-order valence-corrected chi connectivity index (χ0v) is 10.8. The number of unbranched alkanes of at least 4 members (excludes halogenated alkanes) is 3. The van der Waals surface area contributed by atoms with E-state index in [9.17, 15) is 4.79 Å². The molecular weight excluding hydrogens is 212 g/mol. The minimum absolute atomic E-state index is 0.118. The van der Waals surface area contributed by atoms with Crippen molar-refractivity contribution in [3.63, 3.8) is 0 Å². The third-order valence-corrected chi connectivity index (χ3v) is 2.90. The lowest BCUT2D eigenvalue weighted by atomic mass is 10.0. The zero-order chi connectivity index (χ0) is 12.5. The fourth-order valence-electron chi connectivity index (χ4n) is 1.70. The van der Waals surface area contributed by atoms with Crippen LogP contribution in [0, 0.1) is 0 Å². The fraction of sp³-hybridized carbons (Fsp3) is 0.533. The summed E-state index contributed by atoms with van der Waals surface area (Å²) in [5.74, 6) is -0.282. The van der Waals surface area contributed by atoms with Gasteiger partial charge in [0.25, 0.3) is 0 Å². The van der Waals surface area contributed by atoms with Crippen molar-refractivity contribution in [1.82, 2.24) is 0 Å². The van der Waals surface area contributed by atoms with E-state index < -0.39 is 0 Å². The predicted octanol–water partition coefficient (Wildman–Crippen LogP) is 3.91. The number of esters is 1. The Morgan fingerprint density at radius 1 is 1.18 bits per heavy atom. The average Bonchev–Trinajstić information content (AvgIpc) is 2.38. The molecule has 0 N–H and O–H groups in total. The Kier molecular flexibility index (Phi) is 6.38. The molecule has 0 saturated heterocycles. The zero-order valence-electron chi connectivity index (χ0n) is 10.8. The van der Waals surface area contributed by atoms with Crippen molar-refractivity contribution < 1.29 is 9.53 Å². The molecule has 1 atom stereocenters. The lowest BCUT2D eigenvalue weighted by Crippen LogP contribution is -2.13. The second-order valence-corrected chi connectivity index (χ2v) is 4.36. The molecule has 1 rings (SSSR count). The highest BCUT2D eigenvalue weighted by Gasteiger charge is 2.15. The van der Waals surface area contributed by atoms with Crippen LogP contribution in [0.25, 0.3) is 0 Å². The highest BCUT2D eigenvalue weighted by molar-refractivity contribution is 5.77. The van der Waals surface area contributed by atoms with E-state index in [-0.39, 0.29) is 11.9 Å². The molecule has 0 aliphatic heterocycles. The van der Waals surface area contributed by atoms with E-state index in [0.717, 1.165) is 18.4 Å². The normalized spacial score (nSPS) is 12.1. The van der Waals surface area contributed by atoms with Crippen LogP contribution in [0.3, 0.4) is 0 Å². The molecule has 0 aromatic heterocycles. The standard InChI is InChI=1S/C15H22O2/c1-3-4-5-9-12-17-15(16)13(2)14-10-7-6-8-11-14/h6-8,10-11,13H,3-5,9,12H2,1-2H3/t13-/m1/s1. The van der Waals surface area contributed by atoms with Gasteiger partial charge in [0.1, 0.15) is 0 Å². The first kappa shape index (κ1) is 13.8. The first-order valence-corrected chi connectivity index (χ1v) is 6.47. The Morgan fingerprint density at radius 3 is 2.53 bits per heavy atom. The summed E-state index contributed by atoms with van der Waals surface area (Å²) in [7, 11) is 0. The van der Waals surface area contributed by atoms with Crippen molar-refractivity contribution in [2.24, 2.45) is 0 Å². The van der Waals surface area contributed by atoms with Crippen LogP contribution in [0.15, 0.2) is 30.3 Å². The number of ether oxygens (including phenoxy) is 1. The molecule has 0 heterocycles. The van der Waals surface area contributed by atoms with Gasteiger partial charge in [-0.15, -0.1) is 0 Å². The Morgan fingerprint density at radius 2 is 1.88 bits per heavy atom. The maximum atomic E-state index is 11.8. The Labute approximate surface area is 104 Å². The molecule has 2 nitrogen and oxygen atoms in total. The highest BCUT2D eigenvalue weighted by atomic mass is 16.5. The summed E-state index contributed by atoms with van der Waals surface area (Å²) in [5.41, 5.74) is 1.02. The summed E-state index contributed by atoms with van der Waals surface area (Å²) in [4.78, 5) is 11.8. The van der Waals surface area contributed by atoms with Gasteiger partial charge in [0.05, 0.1) is 12.5 Å². The van der Waals surface area contributed by atoms with Crippen molar-refractivity contribution in [3.8, 4) is 0 Å². The predicted molar refractivity (Wildman–Crippen MR) is 70.0 cm³/mol. The van der Waals surface area contributed by atoms with Crippen molar-refractivity contribution >= 4 is 5.97 Å². The molecule has 0 fully saturated rings. The molecule has 0 amide bonds. The van der Waals surface area contributed by atoms with Crippen LogP contribution in [0.5, 0.6) is 0 Å². The van der Waals surface area contributed by atoms with Gasteiger partial charge in [-0.05, 0) is 18.9 Å². The molecule has 2 heteroatoms. The molecule has 0 spiro atoms. The summed E-state index contributed by atoms with van der Waals surface area (Å²) in [6.45, 7) is 4.61. The van der Waals surface area contributed by atoms with Crippen molar-refractivity contribution in [2.45, 2.75) is 45.4 Å². The van der Waals surface area contributed by atoms with Gasteiger partial charge < -0.3 is 4.74 Å². The van der Waals surface area contributed by atoms with Crippen LogP contribution in [-0.4, -0.2) is 12.6 Å². The number of hydrogen-bond acceptors (Lipinski definition) is 2. The SMILES string of the molecule is CCCCCCOC(=O)[C@H](C)c1ccccc1. The van der Waals surface area contributed by atoms with E-state index in [0.29, 0.717) is 6.61 Å². The monoisotopic (exact) mass is 234 g/mol. The van der Waals surface area contributed by atoms with Gasteiger partial charge in [-0.2, -0.15) is 0 Å². The summed E-state index contributed by atoms with van der Waals surface area (Å²) in [6, 6.07) is 9.76. The van der Waals surface area contributed by atoms with Gasteiger partial charge in [0.15, 0.2) is 0 Å². The van der Waals surface area contributed by atoms with Gasteiger partial charge in [-0.1, -0.05) is 56.5 Å². The first-order chi connectivity index (χ1) is 8.25. The molecule has 17 heavy (non-hydrogen) atoms. The fourth-order valence-corrected chi connectivity index (χ4v) is 1.70. The molecule has 1 aromatic carbocycles. The van der Waals surface area contributed by atoms with Crippen LogP contribution in [0.2, 0.25) is 0 Å². The van der Waals surface area contributed by atoms with E-state index >= 15 is 0 Å². The van der Waals surface area contributed by atoms with Crippen molar-refractivity contribution in [1.29, 1.82) is 0 Å². The maximum Gasteiger partial charge on any atom is 0.313 e. The summed E-state index contributed by atoms with van der Waals surface area (Å²) in [6.07, 6.45) is 4.53. The summed E-state index contributed by atoms with van der Waals surface area (Å²) < 4.78 is 5.27. The van der Waals surface area contributed by atoms with E-state index in [1.807, 2.05) is 37.3 Å². The van der Waals surface area contributed by atoms with Crippen LogP contribution in [-0.2, 0) is 9.53 Å². The highest BCUT2D eigenvalue weighted by Crippen LogP contribution is 2.16. The van der Waals surface area contributed by atoms with E-state index in [2.05, 4.69) is 6.92 Å². The molecule has 0 saturated carbocycles. The number of benzene rings is 1. The largest absolute Gasteiger partial charge is 0.465 e. The molecule has 94 valence electrons. The lowest BCUT2D eigenvalue weighted by molar-refractivity contribution is -0.145. The van der Waals surface area contributed by atoms with Crippen LogP contribution >= 0.6 is 0 Å². The van der Waals surface area contributed by atoms with Crippen LogP contribution in [0.4, 0.5) is 0 Å². The minimum Gasteiger partial charge on any atom is -0.465 e. The molecule has 0 bridgehead atoms. The smallest absolute Gasteiger partial charge is 0.313 e. The minimum atomic E-state index is -0.164. The van der Waals surface area contributed by atoms with E-state index in [1.165, 1.54) is 12.8 Å². The molecule has 0 radical (unpaired) electrons. The lowest BCUT2D eigenvalue weighted by Gasteiger charge is -2.11. The third-order valence-electron chi connectivity index (χ3n) is 2.90. The molecule has 0 aliphatic carbocycles. The quantitative estimate of drug-likeness (QED) is 0.528. The second kappa shape index (κ2) is 7.88. The molecular formula is C15H22O2. The molecule has 0 unspecified atom stereocenters. The van der Waals surface area contributed by atoms with Gasteiger partial charge in [0, 0.05) is 0 Å². The number of rotatable bonds is 7. The maximum absolute atomic E-state index is 11.8. The second-order valence-electron chi connectivity index (χ2n) is 4.36. The van der Waals surface area contributed by atoms with Gasteiger partial charge in [-0.3, -0.25) is 4.79 Å². The van der Waals surface area contributed by atoms with Gasteiger partial charge in [0.2, 0.25) is 0 Å². The Hall–Kier alpha value is -1.31. The van der Waals surface area contributed by atoms with Crippen LogP contribution < -0.4 is 0 Å². The third kappa shape index (κ3) is 5.03. The number of carbonyl (C=O) groups excluding carboxylic acids is 1. The molecule has 0 aliphatic rings. The summed E-state index contributed by atoms with van der Waals surface area (Å²) >= 11 is 0. The van der Waals surface area contributed by atoms with Crippen molar-refractivity contribution in [3.05, 3.63) is 35.9 Å². The van der Waals surface area contributed by atoms with Crippen LogP contribution in [0.1, 0.15) is 51.0 Å². The van der Waals surface area contributed by atoms with Gasteiger partial charge >= 0.3 is 5.97 Å². The number of carbonyl (C=O) groups is 1. The van der Waals surface area contributed by atoms with Gasteiger partial charge in [-0.25, -0.2) is 0 Å². The topological polar surface area (TPSA) is 26.3 Å².